The molecule has 0 spiro atoms. The van der Waals surface area contributed by atoms with Gasteiger partial charge in [-0.1, -0.05) is 11.6 Å². The second kappa shape index (κ2) is 8.64. The van der Waals surface area contributed by atoms with Crippen LogP contribution in [0.2, 0.25) is 5.02 Å². The smallest absolute Gasteiger partial charge is 0.300 e. The third-order valence-electron chi connectivity index (χ3n) is 5.34. The Kier molecular flexibility index (Phi) is 5.98. The topological polar surface area (TPSA) is 140 Å². The summed E-state index contributed by atoms with van der Waals surface area (Å²) in [5.41, 5.74) is 0.206. The highest BCUT2D eigenvalue weighted by atomic mass is 35.5. The molecule has 1 fully saturated rings. The number of aliphatic hydroxyl groups excluding tert-OH is 1. The van der Waals surface area contributed by atoms with Gasteiger partial charge in [-0.15, -0.1) is 0 Å². The van der Waals surface area contributed by atoms with Crippen molar-refractivity contribution >= 4 is 44.8 Å². The summed E-state index contributed by atoms with van der Waals surface area (Å²) in [5, 5.41) is 16.6. The molecule has 3 N–H and O–H groups in total. The quantitative estimate of drug-likeness (QED) is 0.309. The van der Waals surface area contributed by atoms with Crippen molar-refractivity contribution in [2.75, 3.05) is 12.0 Å². The van der Waals surface area contributed by atoms with Crippen molar-refractivity contribution in [3.05, 3.63) is 82.3 Å². The Morgan fingerprint density at radius 3 is 2.35 bits per heavy atom. The largest absolute Gasteiger partial charge is 0.507 e. The highest BCUT2D eigenvalue weighted by Crippen LogP contribution is 2.43. The zero-order valence-electron chi connectivity index (χ0n) is 18.0. The minimum atomic E-state index is -3.96. The molecule has 1 aromatic heterocycles. The van der Waals surface area contributed by atoms with E-state index < -0.39 is 33.5 Å². The van der Waals surface area contributed by atoms with E-state index in [1.807, 2.05) is 0 Å². The summed E-state index contributed by atoms with van der Waals surface area (Å²) in [5.74, 6) is -1.29. The van der Waals surface area contributed by atoms with E-state index in [-0.39, 0.29) is 33.2 Å². The van der Waals surface area contributed by atoms with Crippen molar-refractivity contribution in [2.24, 2.45) is 5.14 Å². The Morgan fingerprint density at radius 2 is 1.79 bits per heavy atom. The van der Waals surface area contributed by atoms with E-state index in [4.69, 9.17) is 25.9 Å². The first-order chi connectivity index (χ1) is 16.0. The van der Waals surface area contributed by atoms with E-state index in [2.05, 4.69) is 0 Å². The third kappa shape index (κ3) is 4.07. The van der Waals surface area contributed by atoms with Gasteiger partial charge in [-0.3, -0.25) is 14.5 Å². The van der Waals surface area contributed by atoms with Crippen molar-refractivity contribution in [3.63, 3.8) is 0 Å². The maximum absolute atomic E-state index is 13.1. The second-order valence-electron chi connectivity index (χ2n) is 7.51. The molecule has 0 bridgehead atoms. The van der Waals surface area contributed by atoms with Gasteiger partial charge in [-0.2, -0.15) is 0 Å². The Bertz CT molecular complexity index is 1440. The zero-order valence-corrected chi connectivity index (χ0v) is 19.6. The molecule has 34 heavy (non-hydrogen) atoms. The number of ether oxygens (including phenoxy) is 1. The number of aryl methyl sites for hydroxylation is 1. The van der Waals surface area contributed by atoms with Crippen molar-refractivity contribution in [2.45, 2.75) is 17.9 Å². The van der Waals surface area contributed by atoms with Gasteiger partial charge in [-0.05, 0) is 61.5 Å². The van der Waals surface area contributed by atoms with Gasteiger partial charge in [0.25, 0.3) is 11.7 Å². The molecular weight excluding hydrogens is 484 g/mol. The zero-order chi connectivity index (χ0) is 24.8. The summed E-state index contributed by atoms with van der Waals surface area (Å²) in [6, 6.07) is 11.7. The lowest BCUT2D eigenvalue weighted by Crippen LogP contribution is -2.29. The van der Waals surface area contributed by atoms with Gasteiger partial charge in [-0.25, -0.2) is 13.6 Å². The Balaban J connectivity index is 1.91. The number of sulfonamides is 1. The van der Waals surface area contributed by atoms with Crippen LogP contribution >= 0.6 is 11.6 Å². The molecule has 1 unspecified atom stereocenters. The summed E-state index contributed by atoms with van der Waals surface area (Å²) >= 11 is 6.07. The molecule has 2 heterocycles. The number of furan rings is 1. The Morgan fingerprint density at radius 1 is 1.12 bits per heavy atom. The first kappa shape index (κ1) is 23.6. The Labute approximate surface area is 200 Å². The minimum Gasteiger partial charge on any atom is -0.507 e. The number of hydrogen-bond acceptors (Lipinski definition) is 7. The molecule has 9 nitrogen and oxygen atoms in total. The number of methoxy groups -OCH3 is 1. The molecule has 1 aliphatic heterocycles. The number of amides is 1. The van der Waals surface area contributed by atoms with Crippen LogP contribution in [0.1, 0.15) is 23.1 Å². The van der Waals surface area contributed by atoms with Crippen LogP contribution in [0.4, 0.5) is 5.69 Å². The molecular formula is C23H19ClN2O7S. The van der Waals surface area contributed by atoms with E-state index in [1.54, 1.807) is 19.1 Å². The van der Waals surface area contributed by atoms with Crippen LogP contribution in [0.25, 0.3) is 5.76 Å². The number of aliphatic hydroxyl groups is 1. The number of rotatable bonds is 5. The van der Waals surface area contributed by atoms with E-state index in [0.29, 0.717) is 10.8 Å². The molecule has 0 aliphatic carbocycles. The molecule has 3 aromatic rings. The summed E-state index contributed by atoms with van der Waals surface area (Å²) < 4.78 is 34.1. The average Bonchev–Trinajstić information content (AvgIpc) is 3.34. The van der Waals surface area contributed by atoms with Crippen LogP contribution in [0.3, 0.4) is 0 Å². The predicted molar refractivity (Wildman–Crippen MR) is 124 cm³/mol. The summed E-state index contributed by atoms with van der Waals surface area (Å²) in [4.78, 5) is 27.2. The number of hydrogen-bond donors (Lipinski definition) is 2. The number of ketones is 1. The lowest BCUT2D eigenvalue weighted by molar-refractivity contribution is -0.132. The highest BCUT2D eigenvalue weighted by molar-refractivity contribution is 7.89. The highest BCUT2D eigenvalue weighted by Gasteiger charge is 2.48. The van der Waals surface area contributed by atoms with Crippen LogP contribution in [-0.2, 0) is 19.6 Å². The van der Waals surface area contributed by atoms with Gasteiger partial charge in [0, 0.05) is 11.3 Å². The van der Waals surface area contributed by atoms with Crippen LogP contribution < -0.4 is 14.8 Å². The fourth-order valence-corrected chi connectivity index (χ4v) is 4.44. The number of Topliss-reactive ketones (excluding diaryl/α,β-unsaturated/α-hetero) is 1. The number of carbonyl (C=O) groups excluding carboxylic acids is 2. The summed E-state index contributed by atoms with van der Waals surface area (Å²) in [6.07, 6.45) is 0. The number of benzene rings is 2. The number of primary sulfonamides is 1. The third-order valence-corrected chi connectivity index (χ3v) is 6.58. The van der Waals surface area contributed by atoms with Gasteiger partial charge in [0.2, 0.25) is 10.0 Å². The van der Waals surface area contributed by atoms with Crippen LogP contribution in [-0.4, -0.2) is 32.3 Å². The fourth-order valence-electron chi connectivity index (χ4n) is 3.73. The SMILES string of the molecule is COc1cc(/C(O)=C2/C(=O)C(=O)N(c3ccc(S(N)(=O)=O)cc3)C2c2ccc(C)o2)ccc1Cl. The molecule has 176 valence electrons. The lowest BCUT2D eigenvalue weighted by Gasteiger charge is -2.23. The van der Waals surface area contributed by atoms with E-state index in [0.717, 1.165) is 4.90 Å². The van der Waals surface area contributed by atoms with Gasteiger partial charge in [0.1, 0.15) is 29.1 Å². The molecule has 1 amide bonds. The van der Waals surface area contributed by atoms with Crippen molar-refractivity contribution < 1.29 is 32.3 Å². The van der Waals surface area contributed by atoms with Crippen molar-refractivity contribution in [3.8, 4) is 5.75 Å². The number of nitrogens with two attached hydrogens (primary N) is 1. The molecule has 1 atom stereocenters. The molecule has 1 aliphatic rings. The maximum atomic E-state index is 13.1. The van der Waals surface area contributed by atoms with Crippen LogP contribution in [0.15, 0.2) is 69.5 Å². The van der Waals surface area contributed by atoms with E-state index in [9.17, 15) is 23.1 Å². The molecule has 2 aromatic carbocycles. The van der Waals surface area contributed by atoms with Gasteiger partial charge >= 0.3 is 0 Å². The number of halogens is 1. The van der Waals surface area contributed by atoms with Gasteiger partial charge < -0.3 is 14.3 Å². The number of nitrogens with zero attached hydrogens (tertiary/aromatic N) is 1. The first-order valence-corrected chi connectivity index (χ1v) is 11.8. The molecule has 11 heteroatoms. The molecule has 1 saturated heterocycles. The number of anilines is 1. The van der Waals surface area contributed by atoms with E-state index >= 15 is 0 Å². The minimum absolute atomic E-state index is 0.161. The van der Waals surface area contributed by atoms with Crippen molar-refractivity contribution in [1.29, 1.82) is 0 Å². The fraction of sp³-hybridized carbons (Fsp3) is 0.130. The standard InChI is InChI=1S/C23H19ClN2O7S/c1-12-3-10-17(33-12)20-19(21(27)13-4-9-16(24)18(11-13)32-2)22(28)23(29)26(20)14-5-7-15(8-6-14)34(25,30)31/h3-11,20,27H,1-2H3,(H2,25,30,31)/b21-19-. The normalized spacial score (nSPS) is 17.9. The molecule has 0 saturated carbocycles. The number of carbonyl (C=O) groups is 2. The summed E-state index contributed by atoms with van der Waals surface area (Å²) in [6.45, 7) is 1.70. The van der Waals surface area contributed by atoms with Crippen LogP contribution in [0.5, 0.6) is 5.75 Å². The van der Waals surface area contributed by atoms with Gasteiger partial charge in [0.15, 0.2) is 0 Å². The van der Waals surface area contributed by atoms with E-state index in [1.165, 1.54) is 49.6 Å². The molecule has 4 rings (SSSR count). The first-order valence-electron chi connectivity index (χ1n) is 9.87. The second-order valence-corrected chi connectivity index (χ2v) is 9.47. The van der Waals surface area contributed by atoms with Crippen molar-refractivity contribution in [1.82, 2.24) is 0 Å². The molecule has 0 radical (unpaired) electrons. The van der Waals surface area contributed by atoms with Crippen LogP contribution in [0, 0.1) is 6.92 Å². The monoisotopic (exact) mass is 502 g/mol. The predicted octanol–water partition coefficient (Wildman–Crippen LogP) is 3.52. The maximum Gasteiger partial charge on any atom is 0.300 e. The van der Waals surface area contributed by atoms with Gasteiger partial charge in [0.05, 0.1) is 22.6 Å². The average molecular weight is 503 g/mol. The summed E-state index contributed by atoms with van der Waals surface area (Å²) in [7, 11) is -2.56. The lowest BCUT2D eigenvalue weighted by atomic mass is 9.99. The Hall–Kier alpha value is -3.60.